The second-order valence-corrected chi connectivity index (χ2v) is 4.26. The highest BCUT2D eigenvalue weighted by molar-refractivity contribution is 6.36. The van der Waals surface area contributed by atoms with Gasteiger partial charge in [0, 0.05) is 11.5 Å². The molecule has 0 spiro atoms. The minimum absolute atomic E-state index is 0.0232. The summed E-state index contributed by atoms with van der Waals surface area (Å²) in [5, 5.41) is 28.7. The number of nitro benzene ring substituents is 1. The summed E-state index contributed by atoms with van der Waals surface area (Å²) in [5.41, 5.74) is -1.50. The number of halogens is 1. The molecule has 0 aromatic heterocycles. The van der Waals surface area contributed by atoms with E-state index in [0.29, 0.717) is 0 Å². The molecule has 0 heterocycles. The van der Waals surface area contributed by atoms with Crippen molar-refractivity contribution in [3.8, 4) is 0 Å². The van der Waals surface area contributed by atoms with Crippen LogP contribution in [0.5, 0.6) is 0 Å². The van der Waals surface area contributed by atoms with E-state index in [-0.39, 0.29) is 21.5 Å². The Morgan fingerprint density at radius 3 is 2.20 bits per heavy atom. The average molecular weight is 296 g/mol. The second kappa shape index (κ2) is 4.78. The standard InChI is InChI=1S/C12H6ClNO6/c13-7-4-6-5(2-1-3-8(6)14(19)20)9(11(15)16)10(7)12(17)18/h1-4H,(H,15,16)(H,17,18). The molecule has 0 saturated heterocycles. The van der Waals surface area contributed by atoms with E-state index in [4.69, 9.17) is 16.7 Å². The molecular weight excluding hydrogens is 290 g/mol. The molecule has 2 aromatic carbocycles. The summed E-state index contributed by atoms with van der Waals surface area (Å²) in [5.74, 6) is -3.03. The van der Waals surface area contributed by atoms with Gasteiger partial charge in [0.1, 0.15) is 0 Å². The second-order valence-electron chi connectivity index (χ2n) is 3.85. The van der Waals surface area contributed by atoms with E-state index in [1.165, 1.54) is 18.2 Å². The van der Waals surface area contributed by atoms with Gasteiger partial charge in [-0.05, 0) is 6.07 Å². The van der Waals surface area contributed by atoms with E-state index in [1.54, 1.807) is 0 Å². The maximum absolute atomic E-state index is 11.3. The number of fused-ring (bicyclic) bond motifs is 1. The fraction of sp³-hybridized carbons (Fsp3) is 0. The molecular formula is C12H6ClNO6. The van der Waals surface area contributed by atoms with Crippen molar-refractivity contribution in [1.29, 1.82) is 0 Å². The maximum atomic E-state index is 11.3. The lowest BCUT2D eigenvalue weighted by Crippen LogP contribution is -2.10. The summed E-state index contributed by atoms with van der Waals surface area (Å²) in [6.07, 6.45) is 0. The van der Waals surface area contributed by atoms with Crippen molar-refractivity contribution in [1.82, 2.24) is 0 Å². The number of benzene rings is 2. The predicted octanol–water partition coefficient (Wildman–Crippen LogP) is 2.80. The van der Waals surface area contributed by atoms with Crippen LogP contribution < -0.4 is 0 Å². The van der Waals surface area contributed by atoms with Crippen molar-refractivity contribution in [2.45, 2.75) is 0 Å². The first-order chi connectivity index (χ1) is 9.34. The molecule has 0 bridgehead atoms. The highest BCUT2D eigenvalue weighted by atomic mass is 35.5. The minimum atomic E-state index is -1.52. The number of carboxylic acids is 2. The van der Waals surface area contributed by atoms with E-state index < -0.39 is 28.0 Å². The van der Waals surface area contributed by atoms with E-state index >= 15 is 0 Å². The highest BCUT2D eigenvalue weighted by Gasteiger charge is 2.25. The van der Waals surface area contributed by atoms with Crippen LogP contribution in [-0.4, -0.2) is 27.1 Å². The van der Waals surface area contributed by atoms with Gasteiger partial charge in [-0.3, -0.25) is 10.1 Å². The van der Waals surface area contributed by atoms with Gasteiger partial charge >= 0.3 is 11.9 Å². The monoisotopic (exact) mass is 295 g/mol. The molecule has 8 heteroatoms. The van der Waals surface area contributed by atoms with Gasteiger partial charge in [-0.25, -0.2) is 9.59 Å². The van der Waals surface area contributed by atoms with Crippen LogP contribution in [0.4, 0.5) is 5.69 Å². The number of hydrogen-bond acceptors (Lipinski definition) is 4. The van der Waals surface area contributed by atoms with Gasteiger partial charge in [0.2, 0.25) is 0 Å². The highest BCUT2D eigenvalue weighted by Crippen LogP contribution is 2.34. The fourth-order valence-electron chi connectivity index (χ4n) is 1.97. The van der Waals surface area contributed by atoms with Crippen LogP contribution in [0.1, 0.15) is 20.7 Å². The molecule has 0 unspecified atom stereocenters. The molecule has 7 nitrogen and oxygen atoms in total. The molecule has 2 rings (SSSR count). The van der Waals surface area contributed by atoms with Crippen LogP contribution in [0.2, 0.25) is 5.02 Å². The zero-order valence-corrected chi connectivity index (χ0v) is 10.4. The molecule has 0 fully saturated rings. The molecule has 0 aliphatic heterocycles. The largest absolute Gasteiger partial charge is 0.478 e. The molecule has 0 amide bonds. The van der Waals surface area contributed by atoms with Gasteiger partial charge in [-0.1, -0.05) is 23.7 Å². The van der Waals surface area contributed by atoms with Gasteiger partial charge in [0.15, 0.2) is 0 Å². The lowest BCUT2D eigenvalue weighted by Gasteiger charge is -2.09. The van der Waals surface area contributed by atoms with Crippen molar-refractivity contribution in [3.05, 3.63) is 50.5 Å². The molecule has 20 heavy (non-hydrogen) atoms. The average Bonchev–Trinajstić information content (AvgIpc) is 2.35. The Morgan fingerprint density at radius 1 is 1.10 bits per heavy atom. The van der Waals surface area contributed by atoms with Crippen molar-refractivity contribution in [2.24, 2.45) is 0 Å². The van der Waals surface area contributed by atoms with Crippen LogP contribution in [-0.2, 0) is 0 Å². The number of hydrogen-bond donors (Lipinski definition) is 2. The predicted molar refractivity (Wildman–Crippen MR) is 69.5 cm³/mol. The first-order valence-electron chi connectivity index (χ1n) is 5.20. The quantitative estimate of drug-likeness (QED) is 0.664. The number of carboxylic acid groups (broad SMARTS) is 2. The SMILES string of the molecule is O=C(O)c1c(Cl)cc2c([N+](=O)[O-])cccc2c1C(=O)O. The van der Waals surface area contributed by atoms with Gasteiger partial charge < -0.3 is 10.2 Å². The summed E-state index contributed by atoms with van der Waals surface area (Å²) in [7, 11) is 0. The van der Waals surface area contributed by atoms with Crippen LogP contribution in [0.3, 0.4) is 0 Å². The topological polar surface area (TPSA) is 118 Å². The number of nitrogens with zero attached hydrogens (tertiary/aromatic N) is 1. The third-order valence-corrected chi connectivity index (χ3v) is 3.03. The van der Waals surface area contributed by atoms with Gasteiger partial charge in [-0.15, -0.1) is 0 Å². The van der Waals surface area contributed by atoms with Gasteiger partial charge in [0.05, 0.1) is 26.5 Å². The molecule has 0 saturated carbocycles. The molecule has 0 aliphatic rings. The summed E-state index contributed by atoms with van der Waals surface area (Å²) in [6, 6.07) is 4.86. The Labute approximate surface area is 116 Å². The minimum Gasteiger partial charge on any atom is -0.478 e. The normalized spacial score (nSPS) is 10.4. The van der Waals surface area contributed by atoms with E-state index in [0.717, 1.165) is 6.07 Å². The Balaban J connectivity index is 3.05. The van der Waals surface area contributed by atoms with Crippen LogP contribution >= 0.6 is 11.6 Å². The molecule has 0 radical (unpaired) electrons. The van der Waals surface area contributed by atoms with E-state index in [1.807, 2.05) is 0 Å². The summed E-state index contributed by atoms with van der Waals surface area (Å²) in [4.78, 5) is 32.6. The molecule has 2 aromatic rings. The first-order valence-corrected chi connectivity index (χ1v) is 5.58. The Bertz CT molecular complexity index is 770. The Hall–Kier alpha value is -2.67. The molecule has 2 N–H and O–H groups in total. The fourth-order valence-corrected chi connectivity index (χ4v) is 2.25. The number of nitro groups is 1. The molecule has 102 valence electrons. The van der Waals surface area contributed by atoms with Crippen molar-refractivity contribution in [3.63, 3.8) is 0 Å². The third kappa shape index (κ3) is 2.04. The first kappa shape index (κ1) is 13.8. The zero-order chi connectivity index (χ0) is 15.0. The van der Waals surface area contributed by atoms with E-state index in [2.05, 4.69) is 0 Å². The number of rotatable bonds is 3. The van der Waals surface area contributed by atoms with Crippen molar-refractivity contribution >= 4 is 40.0 Å². The van der Waals surface area contributed by atoms with Crippen molar-refractivity contribution in [2.75, 3.05) is 0 Å². The lowest BCUT2D eigenvalue weighted by molar-refractivity contribution is -0.383. The number of aromatic carboxylic acids is 2. The lowest BCUT2D eigenvalue weighted by atomic mass is 9.97. The maximum Gasteiger partial charge on any atom is 0.338 e. The smallest absolute Gasteiger partial charge is 0.338 e. The van der Waals surface area contributed by atoms with Gasteiger partial charge in [-0.2, -0.15) is 0 Å². The van der Waals surface area contributed by atoms with Crippen molar-refractivity contribution < 1.29 is 24.7 Å². The molecule has 0 atom stereocenters. The summed E-state index contributed by atoms with van der Waals surface area (Å²) >= 11 is 5.76. The third-order valence-electron chi connectivity index (χ3n) is 2.74. The Kier molecular flexibility index (Phi) is 3.29. The number of carbonyl (C=O) groups is 2. The van der Waals surface area contributed by atoms with Crippen LogP contribution in [0, 0.1) is 10.1 Å². The van der Waals surface area contributed by atoms with E-state index in [9.17, 15) is 24.8 Å². The zero-order valence-electron chi connectivity index (χ0n) is 9.66. The van der Waals surface area contributed by atoms with Crippen LogP contribution in [0.15, 0.2) is 24.3 Å². The van der Waals surface area contributed by atoms with Gasteiger partial charge in [0.25, 0.3) is 5.69 Å². The summed E-state index contributed by atoms with van der Waals surface area (Å²) in [6.45, 7) is 0. The Morgan fingerprint density at radius 2 is 1.70 bits per heavy atom. The number of non-ortho nitro benzene ring substituents is 1. The van der Waals surface area contributed by atoms with Crippen LogP contribution in [0.25, 0.3) is 10.8 Å². The summed E-state index contributed by atoms with van der Waals surface area (Å²) < 4.78 is 0. The molecule has 0 aliphatic carbocycles.